The summed E-state index contributed by atoms with van der Waals surface area (Å²) in [6.45, 7) is -1.80. The molecule has 0 aliphatic carbocycles. The topological polar surface area (TPSA) is 178 Å². The molecule has 5 aromatic carbocycles. The fourth-order valence-corrected chi connectivity index (χ4v) is 10.2. The average molecular weight is 946 g/mol. The molecule has 4 amide bonds. The van der Waals surface area contributed by atoms with Crippen molar-refractivity contribution in [3.8, 4) is 0 Å². The van der Waals surface area contributed by atoms with Gasteiger partial charge < -0.3 is 20.4 Å². The van der Waals surface area contributed by atoms with Gasteiger partial charge in [0.25, 0.3) is 0 Å². The summed E-state index contributed by atoms with van der Waals surface area (Å²) >= 11 is 2.39. The Morgan fingerprint density at radius 1 is 0.646 bits per heavy atom. The number of likely N-dealkylation sites (N-methyl/N-ethyl adjacent to an activating group) is 2. The molecule has 7 aromatic rings. The highest BCUT2D eigenvalue weighted by atomic mass is 32.2. The average Bonchev–Trinajstić information content (AvgIpc) is 3.98. The zero-order valence-electron chi connectivity index (χ0n) is 34.1. The molecule has 0 fully saturated rings. The van der Waals surface area contributed by atoms with Crippen LogP contribution in [0.3, 0.4) is 0 Å². The molecule has 0 spiro atoms. The van der Waals surface area contributed by atoms with E-state index in [0.29, 0.717) is 29.0 Å². The molecule has 3 heterocycles. The number of amides is 4. The number of carbonyl (C=O) groups is 4. The third kappa shape index (κ3) is 9.59. The molecule has 2 atom stereocenters. The molecule has 1 aliphatic heterocycles. The van der Waals surface area contributed by atoms with E-state index < -0.39 is 88.7 Å². The molecule has 0 bridgehead atoms. The molecule has 0 radical (unpaired) electrons. The van der Waals surface area contributed by atoms with Crippen LogP contribution in [0.15, 0.2) is 103 Å². The fraction of sp³-hybridized carbons (Fsp3) is 0.186. The number of carbonyl (C=O) groups excluding carboxylic acids is 4. The number of hydrogen-bond donors (Lipinski definition) is 2. The van der Waals surface area contributed by atoms with Gasteiger partial charge in [0.2, 0.25) is 23.6 Å². The summed E-state index contributed by atoms with van der Waals surface area (Å²) in [6, 6.07) is 18.2. The van der Waals surface area contributed by atoms with Crippen LogP contribution in [-0.2, 0) is 42.2 Å². The van der Waals surface area contributed by atoms with E-state index >= 15 is 0 Å². The third-order valence-electron chi connectivity index (χ3n) is 10.5. The number of hydrogen-bond acceptors (Lipinski definition) is 11. The van der Waals surface area contributed by atoms with Crippen LogP contribution < -0.4 is 29.0 Å². The summed E-state index contributed by atoms with van der Waals surface area (Å²) in [5.74, 6) is -7.03. The van der Waals surface area contributed by atoms with E-state index in [2.05, 4.69) is 24.6 Å². The lowest BCUT2D eigenvalue weighted by atomic mass is 10.0. The van der Waals surface area contributed by atoms with Gasteiger partial charge in [0.15, 0.2) is 0 Å². The van der Waals surface area contributed by atoms with Gasteiger partial charge in [0.1, 0.15) is 54.0 Å². The summed E-state index contributed by atoms with van der Waals surface area (Å²) in [5.41, 5.74) is 1.33. The molecule has 2 aromatic heterocycles. The Bertz CT molecular complexity index is 2880. The number of halogens is 4. The van der Waals surface area contributed by atoms with Gasteiger partial charge in [-0.2, -0.15) is 12.8 Å². The van der Waals surface area contributed by atoms with Crippen LogP contribution in [0.4, 0.5) is 40.3 Å². The van der Waals surface area contributed by atoms with Crippen molar-refractivity contribution in [2.75, 3.05) is 45.6 Å². The Hall–Kier alpha value is -7.04. The second-order valence-electron chi connectivity index (χ2n) is 15.0. The number of aromatic nitrogens is 3. The van der Waals surface area contributed by atoms with E-state index in [1.165, 1.54) is 59.7 Å². The van der Waals surface area contributed by atoms with Crippen LogP contribution in [0.2, 0.25) is 0 Å². The van der Waals surface area contributed by atoms with Crippen molar-refractivity contribution in [3.63, 3.8) is 0 Å². The lowest BCUT2D eigenvalue weighted by Crippen LogP contribution is -2.53. The van der Waals surface area contributed by atoms with Crippen molar-refractivity contribution < 1.29 is 45.2 Å². The van der Waals surface area contributed by atoms with Gasteiger partial charge in [0, 0.05) is 62.0 Å². The van der Waals surface area contributed by atoms with E-state index in [1.54, 1.807) is 42.6 Å². The number of para-hydroxylation sites is 2. The Morgan fingerprint density at radius 2 is 1.12 bits per heavy atom. The van der Waals surface area contributed by atoms with E-state index in [9.17, 15) is 45.2 Å². The van der Waals surface area contributed by atoms with E-state index in [-0.39, 0.29) is 28.9 Å². The summed E-state index contributed by atoms with van der Waals surface area (Å²) in [5, 5.41) is 9.86. The van der Waals surface area contributed by atoms with Crippen LogP contribution in [0.25, 0.3) is 20.3 Å². The minimum atomic E-state index is -4.74. The molecule has 65 heavy (non-hydrogen) atoms. The third-order valence-corrected chi connectivity index (χ3v) is 13.8. The first-order valence-electron chi connectivity index (χ1n) is 19.5. The highest BCUT2D eigenvalue weighted by Gasteiger charge is 2.43. The normalized spacial score (nSPS) is 13.9. The number of fused-ring (bicyclic) bond motifs is 3. The molecule has 8 rings (SSSR count). The van der Waals surface area contributed by atoms with E-state index in [4.69, 9.17) is 0 Å². The quantitative estimate of drug-likeness (QED) is 0.133. The minimum absolute atomic E-state index is 0.00478. The molecule has 0 saturated heterocycles. The highest BCUT2D eigenvalue weighted by Crippen LogP contribution is 2.40. The van der Waals surface area contributed by atoms with Crippen LogP contribution in [-0.4, -0.2) is 85.3 Å². The maximum absolute atomic E-state index is 14.3. The van der Waals surface area contributed by atoms with Crippen molar-refractivity contribution in [2.45, 2.75) is 24.9 Å². The molecular formula is C43H35F4N9O6S3. The molecule has 0 unspecified atom stereocenters. The fourth-order valence-electron chi connectivity index (χ4n) is 7.43. The number of nitrogens with zero attached hydrogens (tertiary/aromatic N) is 7. The first kappa shape index (κ1) is 44.6. The number of anilines is 4. The largest absolute Gasteiger partial charge is 0.342 e. The monoisotopic (exact) mass is 945 g/mol. The Morgan fingerprint density at radius 3 is 1.63 bits per heavy atom. The predicted molar refractivity (Wildman–Crippen MR) is 238 cm³/mol. The Balaban J connectivity index is 1.02. The zero-order chi connectivity index (χ0) is 46.2. The first-order valence-corrected chi connectivity index (χ1v) is 22.5. The van der Waals surface area contributed by atoms with Crippen molar-refractivity contribution in [1.82, 2.24) is 24.6 Å². The van der Waals surface area contributed by atoms with Gasteiger partial charge in [-0.3, -0.25) is 19.2 Å². The Kier molecular flexibility index (Phi) is 12.5. The van der Waals surface area contributed by atoms with Crippen molar-refractivity contribution in [1.29, 1.82) is 0 Å². The Labute approximate surface area is 376 Å². The van der Waals surface area contributed by atoms with Crippen molar-refractivity contribution >= 4 is 100.0 Å². The number of rotatable bonds is 14. The minimum Gasteiger partial charge on any atom is -0.342 e. The molecule has 15 nitrogen and oxygen atoms in total. The van der Waals surface area contributed by atoms with Crippen molar-refractivity contribution in [2.24, 2.45) is 0 Å². The maximum atomic E-state index is 14.3. The molecule has 2 N–H and O–H groups in total. The van der Waals surface area contributed by atoms with Gasteiger partial charge in [-0.15, -0.1) is 5.10 Å². The highest BCUT2D eigenvalue weighted by molar-refractivity contribution is 7.94. The van der Waals surface area contributed by atoms with Crippen LogP contribution in [0, 0.1) is 23.3 Å². The van der Waals surface area contributed by atoms with Crippen LogP contribution in [0.5, 0.6) is 0 Å². The molecule has 22 heteroatoms. The van der Waals surface area contributed by atoms with E-state index in [1.807, 2.05) is 0 Å². The molecule has 334 valence electrons. The lowest BCUT2D eigenvalue weighted by molar-refractivity contribution is -0.126. The summed E-state index contributed by atoms with van der Waals surface area (Å²) in [7, 11) is -1.87. The van der Waals surface area contributed by atoms with Gasteiger partial charge >= 0.3 is 10.2 Å². The maximum Gasteiger partial charge on any atom is 0.327 e. The lowest BCUT2D eigenvalue weighted by Gasteiger charge is -2.27. The van der Waals surface area contributed by atoms with Gasteiger partial charge in [-0.05, 0) is 107 Å². The summed E-state index contributed by atoms with van der Waals surface area (Å²) in [4.78, 5) is 58.4. The summed E-state index contributed by atoms with van der Waals surface area (Å²) in [6.07, 6.45) is 0.847. The predicted octanol–water partition coefficient (Wildman–Crippen LogP) is 5.51. The zero-order valence-corrected chi connectivity index (χ0v) is 36.6. The SMILES string of the molecule is CN(C(=O)[C@H](Cc1cc(F)cc(F)c1)NC(=O)CN1c2ccccc2N(CC(=O)N[C@@H](Cc2cc(F)cc(F)c2)C(=O)N(C)c2ccc3snnc3c2)S1(=O)=O)c1ccc2sncc2c1. The van der Waals surface area contributed by atoms with Gasteiger partial charge in [-0.25, -0.2) is 26.2 Å². The summed E-state index contributed by atoms with van der Waals surface area (Å²) < 4.78 is 96.9. The van der Waals surface area contributed by atoms with Crippen molar-refractivity contribution in [3.05, 3.63) is 138 Å². The van der Waals surface area contributed by atoms with E-state index in [0.717, 1.165) is 59.2 Å². The second kappa shape index (κ2) is 18.2. The number of nitrogens with one attached hydrogen (secondary N) is 2. The molecular weight excluding hydrogens is 911 g/mol. The van der Waals surface area contributed by atoms with Crippen LogP contribution in [0.1, 0.15) is 11.1 Å². The smallest absolute Gasteiger partial charge is 0.327 e. The van der Waals surface area contributed by atoms with Crippen LogP contribution >= 0.6 is 23.1 Å². The van der Waals surface area contributed by atoms with Gasteiger partial charge in [-0.1, -0.05) is 16.6 Å². The first-order chi connectivity index (χ1) is 31.0. The number of benzene rings is 5. The van der Waals surface area contributed by atoms with Gasteiger partial charge in [0.05, 0.1) is 20.8 Å². The standard InChI is InChI=1S/C43H35F4N9O6S3/c1-53(31-7-9-38-26(17-31)21-48-63-38)42(59)34(15-24-11-27(44)18-28(45)12-24)49-40(57)22-55-36-5-3-4-6-37(36)56(65(55,61)62)23-41(58)50-35(16-25-13-29(46)19-30(47)14-25)43(60)54(2)32-8-10-39-33(20-32)51-52-64-39/h3-14,17-21,34-35H,15-16,22-23H2,1-2H3,(H,49,57)(H,50,58)/t34-,35-/m0/s1. The molecule has 1 aliphatic rings. The molecule has 0 saturated carbocycles. The second-order valence-corrected chi connectivity index (χ2v) is 18.4.